The maximum absolute atomic E-state index is 11.5. The van der Waals surface area contributed by atoms with Gasteiger partial charge >= 0.3 is 12.1 Å². The van der Waals surface area contributed by atoms with E-state index < -0.39 is 31.6 Å². The highest BCUT2D eigenvalue weighted by atomic mass is 35.5. The standard InChI is InChI=1S/C7H8ClF3O4/c1-4(8)6(13)14-2-5(12)15-3-7(9,10)11/h6,13H,1-3H2. The molecule has 0 radical (unpaired) electrons. The minimum absolute atomic E-state index is 0.293. The van der Waals surface area contributed by atoms with Crippen LogP contribution in [0.15, 0.2) is 11.6 Å². The second kappa shape index (κ2) is 5.94. The van der Waals surface area contributed by atoms with E-state index in [4.69, 9.17) is 16.7 Å². The van der Waals surface area contributed by atoms with Crippen molar-refractivity contribution in [3.05, 3.63) is 11.6 Å². The lowest BCUT2D eigenvalue weighted by molar-refractivity contribution is -0.192. The van der Waals surface area contributed by atoms with Crippen LogP contribution in [0.5, 0.6) is 0 Å². The predicted octanol–water partition coefficient (Wildman–Crippen LogP) is 1.18. The SMILES string of the molecule is C=C(Cl)C(O)OCC(=O)OCC(F)(F)F. The molecule has 1 unspecified atom stereocenters. The predicted molar refractivity (Wildman–Crippen MR) is 44.0 cm³/mol. The van der Waals surface area contributed by atoms with E-state index in [1.807, 2.05) is 0 Å². The van der Waals surface area contributed by atoms with E-state index in [9.17, 15) is 18.0 Å². The van der Waals surface area contributed by atoms with Crippen molar-refractivity contribution in [3.8, 4) is 0 Å². The molecule has 0 saturated heterocycles. The molecule has 0 aromatic carbocycles. The van der Waals surface area contributed by atoms with Crippen LogP contribution < -0.4 is 0 Å². The molecule has 0 aliphatic rings. The van der Waals surface area contributed by atoms with E-state index in [0.717, 1.165) is 0 Å². The van der Waals surface area contributed by atoms with Crippen LogP contribution >= 0.6 is 11.6 Å². The summed E-state index contributed by atoms with van der Waals surface area (Å²) in [6, 6.07) is 0. The normalized spacial score (nSPS) is 13.4. The Morgan fingerprint density at radius 3 is 2.47 bits per heavy atom. The number of carbonyl (C=O) groups is 1. The van der Waals surface area contributed by atoms with Crippen LogP contribution in [0.3, 0.4) is 0 Å². The highest BCUT2D eigenvalue weighted by Crippen LogP contribution is 2.14. The molecule has 1 atom stereocenters. The van der Waals surface area contributed by atoms with Crippen molar-refractivity contribution in [1.82, 2.24) is 0 Å². The zero-order chi connectivity index (χ0) is 12.1. The largest absolute Gasteiger partial charge is 0.454 e. The van der Waals surface area contributed by atoms with Crippen molar-refractivity contribution in [2.45, 2.75) is 12.5 Å². The molecule has 4 nitrogen and oxygen atoms in total. The Morgan fingerprint density at radius 1 is 1.53 bits per heavy atom. The maximum atomic E-state index is 11.5. The number of hydrogen-bond acceptors (Lipinski definition) is 4. The molecule has 88 valence electrons. The smallest absolute Gasteiger partial charge is 0.422 e. The first-order valence-corrected chi connectivity index (χ1v) is 3.96. The van der Waals surface area contributed by atoms with Gasteiger partial charge in [-0.1, -0.05) is 18.2 Å². The van der Waals surface area contributed by atoms with Crippen LogP contribution in [0.4, 0.5) is 13.2 Å². The fourth-order valence-electron chi connectivity index (χ4n) is 0.441. The lowest BCUT2D eigenvalue weighted by Gasteiger charge is -2.10. The zero-order valence-electron chi connectivity index (χ0n) is 7.38. The first-order chi connectivity index (χ1) is 6.72. The molecular formula is C7H8ClF3O4. The van der Waals surface area contributed by atoms with Crippen molar-refractivity contribution >= 4 is 17.6 Å². The van der Waals surface area contributed by atoms with Gasteiger partial charge in [-0.25, -0.2) is 4.79 Å². The number of aliphatic hydroxyl groups excluding tert-OH is 1. The molecule has 0 amide bonds. The molecule has 0 rings (SSSR count). The van der Waals surface area contributed by atoms with Crippen molar-refractivity contribution in [2.24, 2.45) is 0 Å². The molecule has 15 heavy (non-hydrogen) atoms. The Labute approximate surface area is 88.2 Å². The number of carbonyl (C=O) groups excluding carboxylic acids is 1. The van der Waals surface area contributed by atoms with Gasteiger partial charge in [-0.3, -0.25) is 0 Å². The van der Waals surface area contributed by atoms with Crippen molar-refractivity contribution in [2.75, 3.05) is 13.2 Å². The molecule has 0 bridgehead atoms. The van der Waals surface area contributed by atoms with Crippen LogP contribution in [0.2, 0.25) is 0 Å². The Balaban J connectivity index is 3.72. The van der Waals surface area contributed by atoms with Crippen LogP contribution in [0.25, 0.3) is 0 Å². The zero-order valence-corrected chi connectivity index (χ0v) is 8.14. The second-order valence-corrected chi connectivity index (χ2v) is 2.87. The first kappa shape index (κ1) is 14.2. The number of rotatable bonds is 5. The monoisotopic (exact) mass is 248 g/mol. The summed E-state index contributed by atoms with van der Waals surface area (Å²) in [6.45, 7) is 0.531. The summed E-state index contributed by atoms with van der Waals surface area (Å²) >= 11 is 5.16. The molecule has 0 heterocycles. The van der Waals surface area contributed by atoms with Gasteiger partial charge in [0.05, 0.1) is 5.03 Å². The molecule has 0 aliphatic heterocycles. The number of hydrogen-bond donors (Lipinski definition) is 1. The highest BCUT2D eigenvalue weighted by molar-refractivity contribution is 6.29. The van der Waals surface area contributed by atoms with Crippen LogP contribution in [-0.4, -0.2) is 36.8 Å². The van der Waals surface area contributed by atoms with Crippen molar-refractivity contribution in [3.63, 3.8) is 0 Å². The molecule has 8 heteroatoms. The van der Waals surface area contributed by atoms with Crippen LogP contribution in [0.1, 0.15) is 0 Å². The van der Waals surface area contributed by atoms with Crippen molar-refractivity contribution in [1.29, 1.82) is 0 Å². The molecular weight excluding hydrogens is 241 g/mol. The number of ether oxygens (including phenoxy) is 2. The molecule has 0 fully saturated rings. The average Bonchev–Trinajstić information content (AvgIpc) is 2.09. The highest BCUT2D eigenvalue weighted by Gasteiger charge is 2.29. The number of aliphatic hydroxyl groups is 1. The van der Waals surface area contributed by atoms with Crippen molar-refractivity contribution < 1.29 is 32.5 Å². The lowest BCUT2D eigenvalue weighted by atomic mass is 10.6. The molecule has 0 aromatic heterocycles. The Hall–Kier alpha value is -0.790. The Bertz CT molecular complexity index is 241. The summed E-state index contributed by atoms with van der Waals surface area (Å²) in [5.74, 6) is -1.26. The van der Waals surface area contributed by atoms with Gasteiger partial charge < -0.3 is 14.6 Å². The maximum Gasteiger partial charge on any atom is 0.422 e. The Morgan fingerprint density at radius 2 is 2.07 bits per heavy atom. The average molecular weight is 249 g/mol. The van der Waals surface area contributed by atoms with Gasteiger partial charge in [-0.15, -0.1) is 0 Å². The molecule has 0 spiro atoms. The minimum Gasteiger partial charge on any atom is -0.454 e. The van der Waals surface area contributed by atoms with Gasteiger partial charge in [0.1, 0.15) is 6.61 Å². The summed E-state index contributed by atoms with van der Waals surface area (Å²) in [5.41, 5.74) is 0. The summed E-state index contributed by atoms with van der Waals surface area (Å²) in [5, 5.41) is 8.53. The van der Waals surface area contributed by atoms with Gasteiger partial charge in [0, 0.05) is 0 Å². The van der Waals surface area contributed by atoms with E-state index in [1.54, 1.807) is 0 Å². The summed E-state index contributed by atoms with van der Waals surface area (Å²) in [6.07, 6.45) is -6.21. The van der Waals surface area contributed by atoms with E-state index in [1.165, 1.54) is 0 Å². The van der Waals surface area contributed by atoms with Crippen LogP contribution in [-0.2, 0) is 14.3 Å². The van der Waals surface area contributed by atoms with Gasteiger partial charge in [-0.05, 0) is 0 Å². The van der Waals surface area contributed by atoms with Crippen LogP contribution in [0, 0.1) is 0 Å². The fraction of sp³-hybridized carbons (Fsp3) is 0.571. The van der Waals surface area contributed by atoms with Gasteiger partial charge in [0.25, 0.3) is 0 Å². The van der Waals surface area contributed by atoms with Gasteiger partial charge in [0.15, 0.2) is 12.9 Å². The summed E-state index contributed by atoms with van der Waals surface area (Å²) in [7, 11) is 0. The molecule has 0 aliphatic carbocycles. The molecule has 0 saturated carbocycles. The second-order valence-electron chi connectivity index (χ2n) is 2.39. The molecule has 0 aromatic rings. The fourth-order valence-corrected chi connectivity index (χ4v) is 0.504. The minimum atomic E-state index is -4.59. The van der Waals surface area contributed by atoms with E-state index in [2.05, 4.69) is 16.1 Å². The topological polar surface area (TPSA) is 55.8 Å². The van der Waals surface area contributed by atoms with E-state index >= 15 is 0 Å². The van der Waals surface area contributed by atoms with Gasteiger partial charge in [0.2, 0.25) is 0 Å². The summed E-state index contributed by atoms with van der Waals surface area (Å²) in [4.78, 5) is 10.6. The third-order valence-corrected chi connectivity index (χ3v) is 1.21. The summed E-state index contributed by atoms with van der Waals surface area (Å²) < 4.78 is 42.7. The third-order valence-electron chi connectivity index (χ3n) is 1.02. The quantitative estimate of drug-likeness (QED) is 0.586. The third kappa shape index (κ3) is 8.22. The van der Waals surface area contributed by atoms with E-state index in [-0.39, 0.29) is 5.03 Å². The first-order valence-electron chi connectivity index (χ1n) is 3.58. The van der Waals surface area contributed by atoms with E-state index in [0.29, 0.717) is 0 Å². The number of esters is 1. The molecule has 1 N–H and O–H groups in total. The van der Waals surface area contributed by atoms with Gasteiger partial charge in [-0.2, -0.15) is 13.2 Å². The number of alkyl halides is 3. The Kier molecular flexibility index (Phi) is 5.63. The number of halogens is 4. The lowest BCUT2D eigenvalue weighted by Crippen LogP contribution is -2.25.